The van der Waals surface area contributed by atoms with Gasteiger partial charge in [0, 0.05) is 18.2 Å². The van der Waals surface area contributed by atoms with Gasteiger partial charge in [-0.05, 0) is 19.1 Å². The number of anilines is 1. The van der Waals surface area contributed by atoms with Crippen molar-refractivity contribution in [1.29, 1.82) is 0 Å². The number of carbonyl (C=O) groups is 3. The molecule has 2 amide bonds. The van der Waals surface area contributed by atoms with E-state index >= 15 is 0 Å². The highest BCUT2D eigenvalue weighted by molar-refractivity contribution is 6.06. The number of hydrogen-bond donors (Lipinski definition) is 2. The third kappa shape index (κ3) is 3.90. The molecule has 0 bridgehead atoms. The SMILES string of the molecule is COC(=O)C1=C(C)NC(=O)C[C@H]1C(=O)Nc1ccc(OC)cc1OC. The standard InChI is InChI=1S/C17H20N2O6/c1-9-15(17(22)25-4)11(8-14(20)18-9)16(21)19-12-6-5-10(23-2)7-13(12)24-3/h5-7,11H,8H2,1-4H3,(H,18,20)(H,19,21)/t11-/m1/s1. The second kappa shape index (κ2) is 7.69. The van der Waals surface area contributed by atoms with Crippen LogP contribution in [-0.4, -0.2) is 39.1 Å². The highest BCUT2D eigenvalue weighted by Gasteiger charge is 2.36. The van der Waals surface area contributed by atoms with Crippen LogP contribution in [0.1, 0.15) is 13.3 Å². The second-order valence-corrected chi connectivity index (χ2v) is 5.39. The van der Waals surface area contributed by atoms with E-state index < -0.39 is 17.8 Å². The summed E-state index contributed by atoms with van der Waals surface area (Å²) in [7, 11) is 4.20. The normalized spacial score (nSPS) is 16.8. The van der Waals surface area contributed by atoms with Gasteiger partial charge >= 0.3 is 5.97 Å². The second-order valence-electron chi connectivity index (χ2n) is 5.39. The topological polar surface area (TPSA) is 103 Å². The minimum atomic E-state index is -0.951. The van der Waals surface area contributed by atoms with E-state index in [9.17, 15) is 14.4 Å². The van der Waals surface area contributed by atoms with Gasteiger partial charge in [-0.3, -0.25) is 9.59 Å². The Balaban J connectivity index is 2.31. The van der Waals surface area contributed by atoms with Gasteiger partial charge in [-0.1, -0.05) is 0 Å². The van der Waals surface area contributed by atoms with Crippen LogP contribution < -0.4 is 20.1 Å². The van der Waals surface area contributed by atoms with E-state index in [0.29, 0.717) is 22.9 Å². The highest BCUT2D eigenvalue weighted by Crippen LogP contribution is 2.31. The number of nitrogens with one attached hydrogen (secondary N) is 2. The molecule has 2 N–H and O–H groups in total. The molecule has 2 rings (SSSR count). The Labute approximate surface area is 145 Å². The van der Waals surface area contributed by atoms with Crippen molar-refractivity contribution in [3.63, 3.8) is 0 Å². The van der Waals surface area contributed by atoms with Crippen LogP contribution in [0, 0.1) is 5.92 Å². The first-order valence-corrected chi connectivity index (χ1v) is 7.53. The average molecular weight is 348 g/mol. The maximum Gasteiger partial charge on any atom is 0.336 e. The summed E-state index contributed by atoms with van der Waals surface area (Å²) in [6.07, 6.45) is -0.147. The largest absolute Gasteiger partial charge is 0.497 e. The summed E-state index contributed by atoms with van der Waals surface area (Å²) in [6.45, 7) is 1.55. The molecule has 0 aromatic heterocycles. The molecule has 1 aliphatic rings. The molecular weight excluding hydrogens is 328 g/mol. The third-order valence-corrected chi connectivity index (χ3v) is 3.86. The molecule has 0 spiro atoms. The monoisotopic (exact) mass is 348 g/mol. The summed E-state index contributed by atoms with van der Waals surface area (Å²) in [5.41, 5.74) is 0.846. The van der Waals surface area contributed by atoms with Crippen molar-refractivity contribution in [2.24, 2.45) is 5.92 Å². The Morgan fingerprint density at radius 2 is 1.92 bits per heavy atom. The van der Waals surface area contributed by atoms with Gasteiger partial charge in [-0.25, -0.2) is 4.79 Å². The maximum atomic E-state index is 12.7. The molecule has 1 aliphatic heterocycles. The first-order valence-electron chi connectivity index (χ1n) is 7.53. The quantitative estimate of drug-likeness (QED) is 0.776. The summed E-state index contributed by atoms with van der Waals surface area (Å²) in [4.78, 5) is 36.5. The van der Waals surface area contributed by atoms with E-state index in [1.165, 1.54) is 21.3 Å². The van der Waals surface area contributed by atoms with Crippen LogP contribution in [0.25, 0.3) is 0 Å². The number of carbonyl (C=O) groups excluding carboxylic acids is 3. The summed E-state index contributed by atoms with van der Waals surface area (Å²) < 4.78 is 15.1. The molecular formula is C17H20N2O6. The van der Waals surface area contributed by atoms with Gasteiger partial charge in [0.1, 0.15) is 11.5 Å². The van der Waals surface area contributed by atoms with E-state index in [0.717, 1.165) is 0 Å². The molecule has 1 aromatic carbocycles. The molecule has 1 heterocycles. The summed E-state index contributed by atoms with van der Waals surface area (Å²) >= 11 is 0. The van der Waals surface area contributed by atoms with Gasteiger partial charge in [0.25, 0.3) is 0 Å². The highest BCUT2D eigenvalue weighted by atomic mass is 16.5. The lowest BCUT2D eigenvalue weighted by atomic mass is 9.89. The Kier molecular flexibility index (Phi) is 5.63. The maximum absolute atomic E-state index is 12.7. The molecule has 0 fully saturated rings. The first kappa shape index (κ1) is 18.3. The van der Waals surface area contributed by atoms with Gasteiger partial charge < -0.3 is 24.8 Å². The Bertz CT molecular complexity index is 741. The number of allylic oxidation sites excluding steroid dienone is 1. The number of hydrogen-bond acceptors (Lipinski definition) is 6. The molecule has 0 unspecified atom stereocenters. The van der Waals surface area contributed by atoms with Crippen molar-refractivity contribution in [2.75, 3.05) is 26.6 Å². The molecule has 0 saturated heterocycles. The number of rotatable bonds is 5. The number of esters is 1. The molecule has 134 valence electrons. The van der Waals surface area contributed by atoms with Crippen LogP contribution in [0.5, 0.6) is 11.5 Å². The minimum absolute atomic E-state index is 0.132. The summed E-state index contributed by atoms with van der Waals surface area (Å²) in [6, 6.07) is 4.90. The number of ether oxygens (including phenoxy) is 3. The van der Waals surface area contributed by atoms with Gasteiger partial charge in [0.05, 0.1) is 38.5 Å². The Hall–Kier alpha value is -3.03. The van der Waals surface area contributed by atoms with Crippen LogP contribution >= 0.6 is 0 Å². The molecule has 8 nitrogen and oxygen atoms in total. The zero-order valence-corrected chi connectivity index (χ0v) is 14.5. The van der Waals surface area contributed by atoms with Crippen molar-refractivity contribution in [3.05, 3.63) is 29.5 Å². The molecule has 25 heavy (non-hydrogen) atoms. The predicted molar refractivity (Wildman–Crippen MR) is 89.1 cm³/mol. The van der Waals surface area contributed by atoms with Gasteiger partial charge in [0.2, 0.25) is 11.8 Å². The fourth-order valence-corrected chi connectivity index (χ4v) is 2.63. The van der Waals surface area contributed by atoms with Gasteiger partial charge in [-0.2, -0.15) is 0 Å². The van der Waals surface area contributed by atoms with Crippen molar-refractivity contribution < 1.29 is 28.6 Å². The van der Waals surface area contributed by atoms with E-state index in [4.69, 9.17) is 14.2 Å². The van der Waals surface area contributed by atoms with Crippen LogP contribution in [-0.2, 0) is 19.1 Å². The molecule has 0 saturated carbocycles. The smallest absolute Gasteiger partial charge is 0.336 e. The predicted octanol–water partition coefficient (Wildman–Crippen LogP) is 1.23. The van der Waals surface area contributed by atoms with E-state index in [1.807, 2.05) is 0 Å². The molecule has 0 aliphatic carbocycles. The van der Waals surface area contributed by atoms with E-state index in [1.54, 1.807) is 25.1 Å². The lowest BCUT2D eigenvalue weighted by molar-refractivity contribution is -0.139. The minimum Gasteiger partial charge on any atom is -0.497 e. The number of amides is 2. The van der Waals surface area contributed by atoms with E-state index in [2.05, 4.69) is 10.6 Å². The third-order valence-electron chi connectivity index (χ3n) is 3.86. The van der Waals surface area contributed by atoms with Crippen molar-refractivity contribution in [1.82, 2.24) is 5.32 Å². The summed E-state index contributed by atoms with van der Waals surface area (Å²) in [5, 5.41) is 5.24. The average Bonchev–Trinajstić information content (AvgIpc) is 2.60. The van der Waals surface area contributed by atoms with Crippen molar-refractivity contribution in [3.8, 4) is 11.5 Å². The van der Waals surface area contributed by atoms with E-state index in [-0.39, 0.29) is 17.9 Å². The zero-order valence-electron chi connectivity index (χ0n) is 14.5. The fourth-order valence-electron chi connectivity index (χ4n) is 2.63. The Morgan fingerprint density at radius 3 is 2.52 bits per heavy atom. The number of methoxy groups -OCH3 is 3. The first-order chi connectivity index (χ1) is 11.9. The van der Waals surface area contributed by atoms with Crippen LogP contribution in [0.4, 0.5) is 5.69 Å². The molecule has 0 radical (unpaired) electrons. The summed E-state index contributed by atoms with van der Waals surface area (Å²) in [5.74, 6) is -1.48. The van der Waals surface area contributed by atoms with Crippen molar-refractivity contribution >= 4 is 23.5 Å². The molecule has 1 atom stereocenters. The van der Waals surface area contributed by atoms with Crippen molar-refractivity contribution in [2.45, 2.75) is 13.3 Å². The van der Waals surface area contributed by atoms with Gasteiger partial charge in [0.15, 0.2) is 0 Å². The van der Waals surface area contributed by atoms with Gasteiger partial charge in [-0.15, -0.1) is 0 Å². The molecule has 1 aromatic rings. The lowest BCUT2D eigenvalue weighted by Gasteiger charge is -2.25. The molecule has 8 heteroatoms. The Morgan fingerprint density at radius 1 is 1.20 bits per heavy atom. The van der Waals surface area contributed by atoms with Crippen LogP contribution in [0.3, 0.4) is 0 Å². The fraction of sp³-hybridized carbons (Fsp3) is 0.353. The van der Waals surface area contributed by atoms with Crippen LogP contribution in [0.15, 0.2) is 29.5 Å². The zero-order chi connectivity index (χ0) is 18.6. The van der Waals surface area contributed by atoms with Crippen LogP contribution in [0.2, 0.25) is 0 Å². The number of benzene rings is 1. The lowest BCUT2D eigenvalue weighted by Crippen LogP contribution is -2.40.